The Bertz CT molecular complexity index is 697. The molecule has 1 unspecified atom stereocenters. The molecule has 2 N–H and O–H groups in total. The van der Waals surface area contributed by atoms with Gasteiger partial charge < -0.3 is 15.3 Å². The highest BCUT2D eigenvalue weighted by molar-refractivity contribution is 5.77. The van der Waals surface area contributed by atoms with E-state index in [-0.39, 0.29) is 0 Å². The van der Waals surface area contributed by atoms with Gasteiger partial charge in [-0.2, -0.15) is 0 Å². The first-order chi connectivity index (χ1) is 14.0. The third-order valence-corrected chi connectivity index (χ3v) is 5.48. The lowest BCUT2D eigenvalue weighted by Gasteiger charge is -2.26. The fourth-order valence-electron chi connectivity index (χ4n) is 3.22. The van der Waals surface area contributed by atoms with Crippen molar-refractivity contribution < 1.29 is 14.6 Å². The minimum atomic E-state index is -1.21. The Balaban J connectivity index is 1.77. The Morgan fingerprint density at radius 2 is 1.72 bits per heavy atom. The zero-order valence-electron chi connectivity index (χ0n) is 18.1. The van der Waals surface area contributed by atoms with Crippen molar-refractivity contribution >= 4 is 11.7 Å². The number of anilines is 1. The molecule has 1 atom stereocenters. The van der Waals surface area contributed by atoms with Gasteiger partial charge in [-0.15, -0.1) is 0 Å². The van der Waals surface area contributed by atoms with Gasteiger partial charge in [0.05, 0.1) is 5.69 Å². The summed E-state index contributed by atoms with van der Waals surface area (Å²) in [6.07, 6.45) is 17.0. The lowest BCUT2D eigenvalue weighted by Crippen LogP contribution is -2.40. The molecule has 160 valence electrons. The maximum Gasteiger partial charge on any atom is 0.347 e. The zero-order chi connectivity index (χ0) is 21.1. The average molecular weight is 401 g/mol. The fourth-order valence-corrected chi connectivity index (χ4v) is 3.22. The van der Waals surface area contributed by atoms with Crippen molar-refractivity contribution in [3.8, 4) is 5.75 Å². The van der Waals surface area contributed by atoms with Crippen molar-refractivity contribution in [2.45, 2.75) is 84.2 Å². The minimum Gasteiger partial charge on any atom is -0.478 e. The van der Waals surface area contributed by atoms with Gasteiger partial charge in [0.25, 0.3) is 0 Å². The topological polar surface area (TPSA) is 61.8 Å². The number of carbonyl (C=O) groups is 1. The Kier molecular flexibility index (Phi) is 9.10. The zero-order valence-corrected chi connectivity index (χ0v) is 18.1. The predicted molar refractivity (Wildman–Crippen MR) is 119 cm³/mol. The standard InChI is InChI=1S/C24H36N2O3/c1-4-6-7-8-9-10-11-12-20-17-18-26(25-19-20)21-13-15-22(16-14-21)29-24(3,5-2)23(27)28/h13-19,25H,4-12H2,1-3H3,(H,27,28). The van der Waals surface area contributed by atoms with E-state index in [0.29, 0.717) is 12.2 Å². The van der Waals surface area contributed by atoms with Crippen LogP contribution in [0.25, 0.3) is 0 Å². The Hall–Kier alpha value is -2.43. The number of carboxylic acids is 1. The maximum atomic E-state index is 11.4. The van der Waals surface area contributed by atoms with Crippen LogP contribution in [0.5, 0.6) is 5.75 Å². The van der Waals surface area contributed by atoms with Crippen LogP contribution in [0, 0.1) is 0 Å². The fraction of sp³-hybridized carbons (Fsp3) is 0.542. The quantitative estimate of drug-likeness (QED) is 0.387. The number of unbranched alkanes of at least 4 members (excludes halogenated alkanes) is 6. The summed E-state index contributed by atoms with van der Waals surface area (Å²) in [5.41, 5.74) is 4.37. The highest BCUT2D eigenvalue weighted by Crippen LogP contribution is 2.25. The first-order valence-electron chi connectivity index (χ1n) is 10.9. The number of hydrazine groups is 1. The number of carboxylic acid groups (broad SMARTS) is 1. The van der Waals surface area contributed by atoms with Crippen molar-refractivity contribution in [1.82, 2.24) is 5.43 Å². The van der Waals surface area contributed by atoms with Crippen LogP contribution in [0.3, 0.4) is 0 Å². The highest BCUT2D eigenvalue weighted by atomic mass is 16.5. The molecule has 0 bridgehead atoms. The summed E-state index contributed by atoms with van der Waals surface area (Å²) in [6.45, 7) is 5.65. The van der Waals surface area contributed by atoms with Gasteiger partial charge in [-0.1, -0.05) is 52.4 Å². The molecule has 0 radical (unpaired) electrons. The van der Waals surface area contributed by atoms with Crippen molar-refractivity contribution in [3.05, 3.63) is 48.3 Å². The summed E-state index contributed by atoms with van der Waals surface area (Å²) in [5.74, 6) is -0.403. The van der Waals surface area contributed by atoms with Crippen LogP contribution in [0.15, 0.2) is 48.3 Å². The molecule has 1 aromatic rings. The predicted octanol–water partition coefficient (Wildman–Crippen LogP) is 6.18. The van der Waals surface area contributed by atoms with Crippen molar-refractivity contribution in [3.63, 3.8) is 0 Å². The largest absolute Gasteiger partial charge is 0.478 e. The second-order valence-electron chi connectivity index (χ2n) is 7.89. The van der Waals surface area contributed by atoms with E-state index < -0.39 is 11.6 Å². The SMILES string of the molecule is CCCCCCCCCC1=CNN(c2ccc(OC(C)(CC)C(=O)O)cc2)C=C1. The molecule has 0 fully saturated rings. The number of allylic oxidation sites excluding steroid dienone is 2. The van der Waals surface area contributed by atoms with Gasteiger partial charge in [-0.05, 0) is 62.1 Å². The molecule has 1 aromatic carbocycles. The molecule has 0 saturated heterocycles. The number of hydrogen-bond donors (Lipinski definition) is 2. The van der Waals surface area contributed by atoms with E-state index in [0.717, 1.165) is 12.1 Å². The summed E-state index contributed by atoms with van der Waals surface area (Å²) in [6, 6.07) is 7.44. The Morgan fingerprint density at radius 1 is 1.07 bits per heavy atom. The summed E-state index contributed by atoms with van der Waals surface area (Å²) < 4.78 is 5.69. The van der Waals surface area contributed by atoms with Gasteiger partial charge in [0.15, 0.2) is 0 Å². The lowest BCUT2D eigenvalue weighted by atomic mass is 10.0. The van der Waals surface area contributed by atoms with Gasteiger partial charge in [0.1, 0.15) is 5.75 Å². The van der Waals surface area contributed by atoms with Gasteiger partial charge in [-0.25, -0.2) is 4.79 Å². The van der Waals surface area contributed by atoms with Crippen LogP contribution in [0.4, 0.5) is 5.69 Å². The Labute approximate surface area is 175 Å². The summed E-state index contributed by atoms with van der Waals surface area (Å²) in [7, 11) is 0. The first-order valence-corrected chi connectivity index (χ1v) is 10.9. The summed E-state index contributed by atoms with van der Waals surface area (Å²) in [4.78, 5) is 11.4. The molecule has 0 amide bonds. The summed E-state index contributed by atoms with van der Waals surface area (Å²) >= 11 is 0. The average Bonchev–Trinajstić information content (AvgIpc) is 2.74. The third-order valence-electron chi connectivity index (χ3n) is 5.48. The molecule has 5 heteroatoms. The van der Waals surface area contributed by atoms with Crippen LogP contribution < -0.4 is 15.2 Å². The molecule has 29 heavy (non-hydrogen) atoms. The second-order valence-corrected chi connectivity index (χ2v) is 7.89. The molecule has 0 aromatic heterocycles. The van der Waals surface area contributed by atoms with Crippen LogP contribution in [-0.2, 0) is 4.79 Å². The van der Waals surface area contributed by atoms with E-state index in [1.54, 1.807) is 26.0 Å². The molecular formula is C24H36N2O3. The first kappa shape index (κ1) is 22.9. The molecule has 1 aliphatic heterocycles. The highest BCUT2D eigenvalue weighted by Gasteiger charge is 2.33. The van der Waals surface area contributed by atoms with Crippen LogP contribution >= 0.6 is 0 Å². The van der Waals surface area contributed by atoms with Crippen LogP contribution in [0.1, 0.15) is 78.6 Å². The normalized spacial score (nSPS) is 15.4. The second kappa shape index (κ2) is 11.5. The number of ether oxygens (including phenoxy) is 1. The molecule has 5 nitrogen and oxygen atoms in total. The smallest absolute Gasteiger partial charge is 0.347 e. The number of nitrogens with zero attached hydrogens (tertiary/aromatic N) is 1. The number of rotatable bonds is 13. The minimum absolute atomic E-state index is 0.396. The van der Waals surface area contributed by atoms with E-state index in [1.165, 1.54) is 50.5 Å². The lowest BCUT2D eigenvalue weighted by molar-refractivity contribution is -0.154. The van der Waals surface area contributed by atoms with Crippen LogP contribution in [0.2, 0.25) is 0 Å². The van der Waals surface area contributed by atoms with Crippen molar-refractivity contribution in [2.24, 2.45) is 0 Å². The summed E-state index contributed by atoms with van der Waals surface area (Å²) in [5, 5.41) is 11.3. The molecule has 1 aliphatic rings. The van der Waals surface area contributed by atoms with E-state index >= 15 is 0 Å². The number of hydrogen-bond acceptors (Lipinski definition) is 4. The van der Waals surface area contributed by atoms with E-state index in [1.807, 2.05) is 23.3 Å². The van der Waals surface area contributed by atoms with E-state index in [2.05, 4.69) is 24.6 Å². The maximum absolute atomic E-state index is 11.4. The van der Waals surface area contributed by atoms with E-state index in [9.17, 15) is 9.90 Å². The molecular weight excluding hydrogens is 364 g/mol. The molecule has 0 spiro atoms. The van der Waals surface area contributed by atoms with E-state index in [4.69, 9.17) is 4.74 Å². The van der Waals surface area contributed by atoms with Crippen LogP contribution in [-0.4, -0.2) is 16.7 Å². The molecule has 0 saturated carbocycles. The van der Waals surface area contributed by atoms with Crippen molar-refractivity contribution in [2.75, 3.05) is 5.01 Å². The van der Waals surface area contributed by atoms with Gasteiger partial charge in [0.2, 0.25) is 5.60 Å². The number of benzene rings is 1. The number of aliphatic carboxylic acids is 1. The molecule has 2 rings (SSSR count). The molecule has 0 aliphatic carbocycles. The third kappa shape index (κ3) is 7.15. The molecule has 1 heterocycles. The monoisotopic (exact) mass is 400 g/mol. The Morgan fingerprint density at radius 3 is 2.28 bits per heavy atom. The van der Waals surface area contributed by atoms with Crippen molar-refractivity contribution in [1.29, 1.82) is 0 Å². The number of nitrogens with one attached hydrogen (secondary N) is 1. The van der Waals surface area contributed by atoms with Gasteiger partial charge in [0, 0.05) is 12.4 Å². The van der Waals surface area contributed by atoms with Gasteiger partial charge >= 0.3 is 5.97 Å². The van der Waals surface area contributed by atoms with Gasteiger partial charge in [-0.3, -0.25) is 5.01 Å².